The second-order valence-corrected chi connectivity index (χ2v) is 6.93. The summed E-state index contributed by atoms with van der Waals surface area (Å²) in [5, 5.41) is 3.42. The molecule has 0 radical (unpaired) electrons. The van der Waals surface area contributed by atoms with E-state index in [1.54, 1.807) is 0 Å². The van der Waals surface area contributed by atoms with E-state index in [-0.39, 0.29) is 30.7 Å². The highest BCUT2D eigenvalue weighted by Gasteiger charge is 2.25. The first-order chi connectivity index (χ1) is 12.2. The normalized spacial score (nSPS) is 15.7. The van der Waals surface area contributed by atoms with E-state index in [0.717, 1.165) is 56.8 Å². The quantitative estimate of drug-likeness (QED) is 0.811. The first kappa shape index (κ1) is 21.4. The maximum Gasteiger partial charge on any atom is 0.254 e. The van der Waals surface area contributed by atoms with Gasteiger partial charge in [-0.15, -0.1) is 24.8 Å². The highest BCUT2D eigenvalue weighted by atomic mass is 35.5. The van der Waals surface area contributed by atoms with Gasteiger partial charge in [-0.2, -0.15) is 0 Å². The van der Waals surface area contributed by atoms with Gasteiger partial charge in [0.15, 0.2) is 0 Å². The van der Waals surface area contributed by atoms with Crippen LogP contribution in [0.5, 0.6) is 0 Å². The Morgan fingerprint density at radius 2 is 1.70 bits per heavy atom. The summed E-state index contributed by atoms with van der Waals surface area (Å²) in [6.07, 6.45) is 2.09. The molecule has 4 nitrogen and oxygen atoms in total. The molecule has 0 aromatic heterocycles. The number of hydrogen-bond acceptors (Lipinski definition) is 3. The fraction of sp³-hybridized carbons (Fsp3) is 0.381. The van der Waals surface area contributed by atoms with Crippen molar-refractivity contribution < 1.29 is 4.79 Å². The van der Waals surface area contributed by atoms with Crippen molar-refractivity contribution in [3.8, 4) is 0 Å². The Bertz CT molecular complexity index is 789. The number of halogens is 2. The van der Waals surface area contributed by atoms with Crippen LogP contribution in [0.15, 0.2) is 42.5 Å². The van der Waals surface area contributed by atoms with E-state index in [1.807, 2.05) is 17.0 Å². The number of fused-ring (bicyclic) bond motifs is 1. The maximum atomic E-state index is 13.1. The minimum atomic E-state index is 0. The molecule has 2 aliphatic rings. The van der Waals surface area contributed by atoms with Gasteiger partial charge in [-0.25, -0.2) is 0 Å². The molecule has 1 N–H and O–H groups in total. The Balaban J connectivity index is 0.00000131. The summed E-state index contributed by atoms with van der Waals surface area (Å²) in [7, 11) is 0. The predicted octanol–water partition coefficient (Wildman–Crippen LogP) is 4.16. The summed E-state index contributed by atoms with van der Waals surface area (Å²) in [6, 6.07) is 14.5. The van der Waals surface area contributed by atoms with Gasteiger partial charge >= 0.3 is 0 Å². The number of hydrogen-bond donors (Lipinski definition) is 1. The molecule has 1 fully saturated rings. The van der Waals surface area contributed by atoms with E-state index < -0.39 is 0 Å². The Labute approximate surface area is 173 Å². The number of nitrogens with zero attached hydrogens (tertiary/aromatic N) is 2. The smallest absolute Gasteiger partial charge is 0.254 e. The average Bonchev–Trinajstić information content (AvgIpc) is 2.67. The van der Waals surface area contributed by atoms with Crippen LogP contribution in [-0.2, 0) is 6.42 Å². The minimum Gasteiger partial charge on any atom is -0.385 e. The molecule has 1 saturated heterocycles. The number of benzene rings is 2. The van der Waals surface area contributed by atoms with Gasteiger partial charge in [0, 0.05) is 49.7 Å². The second kappa shape index (κ2) is 9.34. The monoisotopic (exact) mass is 407 g/mol. The topological polar surface area (TPSA) is 35.6 Å². The van der Waals surface area contributed by atoms with Crippen LogP contribution in [-0.4, -0.2) is 43.5 Å². The summed E-state index contributed by atoms with van der Waals surface area (Å²) in [4.78, 5) is 17.5. The molecule has 1 amide bonds. The van der Waals surface area contributed by atoms with Gasteiger partial charge in [0.25, 0.3) is 5.91 Å². The zero-order valence-electron chi connectivity index (χ0n) is 15.6. The third-order valence-electron chi connectivity index (χ3n) is 5.35. The van der Waals surface area contributed by atoms with Crippen molar-refractivity contribution in [2.45, 2.75) is 19.8 Å². The van der Waals surface area contributed by atoms with Crippen LogP contribution < -0.4 is 10.2 Å². The van der Waals surface area contributed by atoms with Crippen molar-refractivity contribution in [3.05, 3.63) is 59.2 Å². The second-order valence-electron chi connectivity index (χ2n) is 6.93. The zero-order valence-corrected chi connectivity index (χ0v) is 17.2. The molecule has 146 valence electrons. The third kappa shape index (κ3) is 4.33. The van der Waals surface area contributed by atoms with Gasteiger partial charge in [-0.05, 0) is 49.1 Å². The molecule has 4 rings (SSSR count). The molecule has 0 aliphatic carbocycles. The lowest BCUT2D eigenvalue weighted by atomic mass is 9.96. The van der Waals surface area contributed by atoms with Gasteiger partial charge in [0.2, 0.25) is 0 Å². The van der Waals surface area contributed by atoms with E-state index >= 15 is 0 Å². The molecule has 0 atom stereocenters. The molecule has 2 aliphatic heterocycles. The number of carbonyl (C=O) groups is 1. The van der Waals surface area contributed by atoms with Crippen molar-refractivity contribution >= 4 is 42.1 Å². The first-order valence-corrected chi connectivity index (χ1v) is 9.19. The molecule has 27 heavy (non-hydrogen) atoms. The van der Waals surface area contributed by atoms with Gasteiger partial charge in [0.05, 0.1) is 0 Å². The largest absolute Gasteiger partial charge is 0.385 e. The lowest BCUT2D eigenvalue weighted by Crippen LogP contribution is -2.49. The fourth-order valence-electron chi connectivity index (χ4n) is 3.95. The minimum absolute atomic E-state index is 0. The van der Waals surface area contributed by atoms with Crippen LogP contribution in [0, 0.1) is 6.92 Å². The molecule has 0 unspecified atom stereocenters. The summed E-state index contributed by atoms with van der Waals surface area (Å²) >= 11 is 0. The van der Waals surface area contributed by atoms with Gasteiger partial charge in [-0.3, -0.25) is 4.79 Å². The highest BCUT2D eigenvalue weighted by molar-refractivity contribution is 5.97. The van der Waals surface area contributed by atoms with E-state index in [1.165, 1.54) is 16.8 Å². The van der Waals surface area contributed by atoms with Crippen LogP contribution in [0.2, 0.25) is 0 Å². The number of rotatable bonds is 2. The summed E-state index contributed by atoms with van der Waals surface area (Å²) < 4.78 is 0. The lowest BCUT2D eigenvalue weighted by molar-refractivity contribution is 0.0745. The Morgan fingerprint density at radius 3 is 2.44 bits per heavy atom. The van der Waals surface area contributed by atoms with Crippen LogP contribution in [0.1, 0.15) is 27.9 Å². The number of para-hydroxylation sites is 1. The van der Waals surface area contributed by atoms with E-state index in [2.05, 4.69) is 47.5 Å². The van der Waals surface area contributed by atoms with Gasteiger partial charge in [0.1, 0.15) is 0 Å². The van der Waals surface area contributed by atoms with Crippen LogP contribution >= 0.6 is 24.8 Å². The van der Waals surface area contributed by atoms with Gasteiger partial charge < -0.3 is 15.1 Å². The van der Waals surface area contributed by atoms with Crippen LogP contribution in [0.4, 0.5) is 11.4 Å². The van der Waals surface area contributed by atoms with Crippen LogP contribution in [0.25, 0.3) is 0 Å². The number of anilines is 2. The number of nitrogens with one attached hydrogen (secondary N) is 1. The van der Waals surface area contributed by atoms with Crippen molar-refractivity contribution in [1.29, 1.82) is 0 Å². The molecular weight excluding hydrogens is 381 g/mol. The lowest BCUT2D eigenvalue weighted by Gasteiger charge is -2.37. The van der Waals surface area contributed by atoms with E-state index in [9.17, 15) is 4.79 Å². The summed E-state index contributed by atoms with van der Waals surface area (Å²) in [5.41, 5.74) is 5.80. The molecule has 2 aromatic carbocycles. The van der Waals surface area contributed by atoms with E-state index in [4.69, 9.17) is 0 Å². The van der Waals surface area contributed by atoms with Crippen molar-refractivity contribution in [2.75, 3.05) is 42.9 Å². The predicted molar refractivity (Wildman–Crippen MR) is 117 cm³/mol. The molecule has 6 heteroatoms. The van der Waals surface area contributed by atoms with Gasteiger partial charge in [-0.1, -0.05) is 24.3 Å². The summed E-state index contributed by atoms with van der Waals surface area (Å²) in [5.74, 6) is 0.185. The SMILES string of the molecule is Cc1ccccc1N1CCN(C(=O)c2cccc3c2CCCN3)CC1.Cl.Cl. The molecule has 0 bridgehead atoms. The molecule has 2 aromatic rings. The van der Waals surface area contributed by atoms with Crippen molar-refractivity contribution in [2.24, 2.45) is 0 Å². The maximum absolute atomic E-state index is 13.1. The van der Waals surface area contributed by atoms with Crippen molar-refractivity contribution in [3.63, 3.8) is 0 Å². The zero-order chi connectivity index (χ0) is 17.2. The highest BCUT2D eigenvalue weighted by Crippen LogP contribution is 2.27. The molecule has 2 heterocycles. The standard InChI is InChI=1S/C21H25N3O.2ClH/c1-16-6-2-3-10-20(16)23-12-14-24(15-13-23)21(25)18-7-4-9-19-17(18)8-5-11-22-19;;/h2-4,6-7,9-10,22H,5,8,11-15H2,1H3;2*1H. The number of carbonyl (C=O) groups excluding carboxylic acids is 1. The molecule has 0 spiro atoms. The number of piperazine rings is 1. The first-order valence-electron chi connectivity index (χ1n) is 9.19. The van der Waals surface area contributed by atoms with Crippen molar-refractivity contribution in [1.82, 2.24) is 4.90 Å². The molecule has 0 saturated carbocycles. The number of amides is 1. The van der Waals surface area contributed by atoms with E-state index in [0.29, 0.717) is 0 Å². The Morgan fingerprint density at radius 1 is 0.963 bits per heavy atom. The summed E-state index contributed by atoms with van der Waals surface area (Å²) in [6.45, 7) is 6.50. The molecular formula is C21H27Cl2N3O. The fourth-order valence-corrected chi connectivity index (χ4v) is 3.95. The number of aryl methyl sites for hydroxylation is 1. The third-order valence-corrected chi connectivity index (χ3v) is 5.35. The average molecular weight is 408 g/mol. The Kier molecular flexibility index (Phi) is 7.40. The van der Waals surface area contributed by atoms with Crippen LogP contribution in [0.3, 0.4) is 0 Å². The Hall–Kier alpha value is -1.91.